The van der Waals surface area contributed by atoms with Crippen molar-refractivity contribution in [3.63, 3.8) is 0 Å². The molecule has 1 aromatic heterocycles. The van der Waals surface area contributed by atoms with E-state index < -0.39 is 0 Å². The lowest BCUT2D eigenvalue weighted by Gasteiger charge is -2.10. The molecule has 6 heteroatoms. The third-order valence-electron chi connectivity index (χ3n) is 3.26. The molecule has 1 aliphatic heterocycles. The highest BCUT2D eigenvalue weighted by atomic mass is 35.5. The van der Waals surface area contributed by atoms with Crippen LogP contribution in [0.15, 0.2) is 12.1 Å². The minimum Gasteiger partial charge on any atom is -0.379 e. The Morgan fingerprint density at radius 1 is 1.57 bits per heavy atom. The number of carbonyl (C=O) groups is 1. The van der Waals surface area contributed by atoms with E-state index in [1.54, 1.807) is 12.1 Å². The van der Waals surface area contributed by atoms with Crippen LogP contribution in [0.1, 0.15) is 35.3 Å². The molecule has 0 saturated carbocycles. The van der Waals surface area contributed by atoms with Gasteiger partial charge < -0.3 is 14.8 Å². The summed E-state index contributed by atoms with van der Waals surface area (Å²) in [5.74, 6) is -0.137. The molecule has 1 unspecified atom stereocenters. The highest BCUT2D eigenvalue weighted by molar-refractivity contribution is 6.29. The van der Waals surface area contributed by atoms with Gasteiger partial charge in [0.15, 0.2) is 0 Å². The highest BCUT2D eigenvalue weighted by Gasteiger charge is 2.15. The number of aryl methyl sites for hydroxylation is 1. The standard InChI is InChI=1S/C15H21ClN2O3/c1-11-8-12(9-14(16)18-11)15(19)17-5-3-6-20-10-13-4-2-7-21-13/h8-9,13H,2-7,10H2,1H3,(H,17,19). The van der Waals surface area contributed by atoms with E-state index >= 15 is 0 Å². The van der Waals surface area contributed by atoms with E-state index in [9.17, 15) is 4.79 Å². The number of pyridine rings is 1. The first-order valence-electron chi connectivity index (χ1n) is 7.27. The Morgan fingerprint density at radius 3 is 3.14 bits per heavy atom. The summed E-state index contributed by atoms with van der Waals surface area (Å²) in [5, 5.41) is 3.18. The van der Waals surface area contributed by atoms with Crippen molar-refractivity contribution in [2.24, 2.45) is 0 Å². The van der Waals surface area contributed by atoms with Gasteiger partial charge in [-0.3, -0.25) is 4.79 Å². The van der Waals surface area contributed by atoms with Crippen LogP contribution in [-0.2, 0) is 9.47 Å². The van der Waals surface area contributed by atoms with Crippen LogP contribution in [-0.4, -0.2) is 43.4 Å². The molecule has 1 atom stereocenters. The first-order valence-corrected chi connectivity index (χ1v) is 7.64. The molecule has 1 fully saturated rings. The van der Waals surface area contributed by atoms with Gasteiger partial charge in [-0.2, -0.15) is 0 Å². The van der Waals surface area contributed by atoms with Gasteiger partial charge in [-0.25, -0.2) is 4.98 Å². The molecule has 0 radical (unpaired) electrons. The molecule has 5 nitrogen and oxygen atoms in total. The molecule has 0 aliphatic carbocycles. The van der Waals surface area contributed by atoms with Gasteiger partial charge in [-0.05, 0) is 38.3 Å². The molecule has 0 bridgehead atoms. The van der Waals surface area contributed by atoms with Gasteiger partial charge >= 0.3 is 0 Å². The fourth-order valence-electron chi connectivity index (χ4n) is 2.23. The SMILES string of the molecule is Cc1cc(C(=O)NCCCOCC2CCCO2)cc(Cl)n1. The number of nitrogens with zero attached hydrogens (tertiary/aromatic N) is 1. The summed E-state index contributed by atoms with van der Waals surface area (Å²) in [5.41, 5.74) is 1.26. The Bertz CT molecular complexity index is 456. The monoisotopic (exact) mass is 312 g/mol. The van der Waals surface area contributed by atoms with E-state index in [0.29, 0.717) is 30.5 Å². The minimum atomic E-state index is -0.137. The van der Waals surface area contributed by atoms with E-state index in [1.807, 2.05) is 6.92 Å². The Hall–Kier alpha value is -1.17. The molecular weight excluding hydrogens is 292 g/mol. The van der Waals surface area contributed by atoms with Crippen molar-refractivity contribution in [3.8, 4) is 0 Å². The van der Waals surface area contributed by atoms with Gasteiger partial charge in [-0.15, -0.1) is 0 Å². The second kappa shape index (κ2) is 8.32. The molecular formula is C15H21ClN2O3. The molecule has 0 spiro atoms. The fourth-order valence-corrected chi connectivity index (χ4v) is 2.48. The zero-order valence-electron chi connectivity index (χ0n) is 12.2. The number of halogens is 1. The average molecular weight is 313 g/mol. The van der Waals surface area contributed by atoms with Gasteiger partial charge in [-0.1, -0.05) is 11.6 Å². The first-order chi connectivity index (χ1) is 10.1. The molecule has 1 aliphatic rings. The number of carbonyl (C=O) groups excluding carboxylic acids is 1. The molecule has 1 N–H and O–H groups in total. The number of rotatable bonds is 7. The molecule has 21 heavy (non-hydrogen) atoms. The summed E-state index contributed by atoms with van der Waals surface area (Å²) in [6.07, 6.45) is 3.23. The van der Waals surface area contributed by atoms with Gasteiger partial charge in [0.1, 0.15) is 5.15 Å². The quantitative estimate of drug-likeness (QED) is 0.620. The van der Waals surface area contributed by atoms with Crippen LogP contribution in [0.2, 0.25) is 5.15 Å². The lowest BCUT2D eigenvalue weighted by molar-refractivity contribution is 0.0166. The molecule has 2 rings (SSSR count). The largest absolute Gasteiger partial charge is 0.379 e. The molecule has 1 amide bonds. The summed E-state index contributed by atoms with van der Waals surface area (Å²) in [6, 6.07) is 3.28. The maximum absolute atomic E-state index is 11.9. The van der Waals surface area contributed by atoms with Crippen molar-refractivity contribution >= 4 is 17.5 Å². The number of hydrogen-bond donors (Lipinski definition) is 1. The highest BCUT2D eigenvalue weighted by Crippen LogP contribution is 2.12. The van der Waals surface area contributed by atoms with E-state index in [-0.39, 0.29) is 12.0 Å². The Labute approximate surface area is 130 Å². The number of aromatic nitrogens is 1. The maximum Gasteiger partial charge on any atom is 0.251 e. The molecule has 116 valence electrons. The van der Waals surface area contributed by atoms with Crippen LogP contribution < -0.4 is 5.32 Å². The van der Waals surface area contributed by atoms with Crippen LogP contribution >= 0.6 is 11.6 Å². The topological polar surface area (TPSA) is 60.5 Å². The van der Waals surface area contributed by atoms with Gasteiger partial charge in [0.2, 0.25) is 0 Å². The molecule has 1 saturated heterocycles. The van der Waals surface area contributed by atoms with Crippen molar-refractivity contribution in [2.75, 3.05) is 26.4 Å². The summed E-state index contributed by atoms with van der Waals surface area (Å²) in [7, 11) is 0. The average Bonchev–Trinajstić information content (AvgIpc) is 2.94. The summed E-state index contributed by atoms with van der Waals surface area (Å²) in [6.45, 7) is 4.49. The minimum absolute atomic E-state index is 0.137. The summed E-state index contributed by atoms with van der Waals surface area (Å²) < 4.78 is 11.0. The lowest BCUT2D eigenvalue weighted by atomic mass is 10.2. The summed E-state index contributed by atoms with van der Waals surface area (Å²) in [4.78, 5) is 16.0. The van der Waals surface area contributed by atoms with Crippen LogP contribution in [0, 0.1) is 6.92 Å². The van der Waals surface area contributed by atoms with E-state index in [2.05, 4.69) is 10.3 Å². The molecule has 0 aromatic carbocycles. The van der Waals surface area contributed by atoms with Gasteiger partial charge in [0.05, 0.1) is 12.7 Å². The molecule has 2 heterocycles. The zero-order valence-corrected chi connectivity index (χ0v) is 13.0. The van der Waals surface area contributed by atoms with E-state index in [0.717, 1.165) is 31.6 Å². The zero-order chi connectivity index (χ0) is 15.1. The number of hydrogen-bond acceptors (Lipinski definition) is 4. The van der Waals surface area contributed by atoms with Crippen molar-refractivity contribution in [2.45, 2.75) is 32.3 Å². The Balaban J connectivity index is 1.60. The molecule has 1 aromatic rings. The normalized spacial score (nSPS) is 17.9. The maximum atomic E-state index is 11.9. The Kier molecular flexibility index (Phi) is 6.42. The third-order valence-corrected chi connectivity index (χ3v) is 3.46. The van der Waals surface area contributed by atoms with Gasteiger partial charge in [0, 0.05) is 31.0 Å². The predicted molar refractivity (Wildman–Crippen MR) is 80.7 cm³/mol. The van der Waals surface area contributed by atoms with Crippen LogP contribution in [0.5, 0.6) is 0 Å². The third kappa shape index (κ3) is 5.61. The van der Waals surface area contributed by atoms with Crippen molar-refractivity contribution < 1.29 is 14.3 Å². The van der Waals surface area contributed by atoms with Crippen LogP contribution in [0.3, 0.4) is 0 Å². The van der Waals surface area contributed by atoms with E-state index in [1.165, 1.54) is 0 Å². The summed E-state index contributed by atoms with van der Waals surface area (Å²) >= 11 is 5.84. The number of nitrogens with one attached hydrogen (secondary N) is 1. The second-order valence-electron chi connectivity index (χ2n) is 5.14. The number of ether oxygens (including phenoxy) is 2. The lowest BCUT2D eigenvalue weighted by Crippen LogP contribution is -2.26. The smallest absolute Gasteiger partial charge is 0.251 e. The van der Waals surface area contributed by atoms with Gasteiger partial charge in [0.25, 0.3) is 5.91 Å². The first kappa shape index (κ1) is 16.2. The van der Waals surface area contributed by atoms with Crippen molar-refractivity contribution in [3.05, 3.63) is 28.5 Å². The predicted octanol–water partition coefficient (Wildman–Crippen LogP) is 2.36. The number of amides is 1. The Morgan fingerprint density at radius 2 is 2.43 bits per heavy atom. The second-order valence-corrected chi connectivity index (χ2v) is 5.53. The van der Waals surface area contributed by atoms with Crippen molar-refractivity contribution in [1.82, 2.24) is 10.3 Å². The van der Waals surface area contributed by atoms with Crippen LogP contribution in [0.4, 0.5) is 0 Å². The van der Waals surface area contributed by atoms with Crippen LogP contribution in [0.25, 0.3) is 0 Å². The van der Waals surface area contributed by atoms with E-state index in [4.69, 9.17) is 21.1 Å². The fraction of sp³-hybridized carbons (Fsp3) is 0.600. The van der Waals surface area contributed by atoms with Crippen molar-refractivity contribution in [1.29, 1.82) is 0 Å².